The van der Waals surface area contributed by atoms with Crippen molar-refractivity contribution >= 4 is 11.6 Å². The molecule has 1 saturated heterocycles. The van der Waals surface area contributed by atoms with Crippen molar-refractivity contribution in [2.24, 2.45) is 0 Å². The van der Waals surface area contributed by atoms with Crippen LogP contribution in [0.15, 0.2) is 18.2 Å². The highest BCUT2D eigenvalue weighted by atomic mass is 19.1. The van der Waals surface area contributed by atoms with E-state index >= 15 is 0 Å². The van der Waals surface area contributed by atoms with Gasteiger partial charge in [0.15, 0.2) is 0 Å². The van der Waals surface area contributed by atoms with Crippen molar-refractivity contribution in [3.8, 4) is 0 Å². The van der Waals surface area contributed by atoms with Crippen LogP contribution in [0.5, 0.6) is 0 Å². The van der Waals surface area contributed by atoms with E-state index in [0.29, 0.717) is 18.8 Å². The molecule has 1 heterocycles. The van der Waals surface area contributed by atoms with Gasteiger partial charge < -0.3 is 15.5 Å². The molecule has 0 spiro atoms. The van der Waals surface area contributed by atoms with Crippen LogP contribution >= 0.6 is 0 Å². The fourth-order valence-electron chi connectivity index (χ4n) is 2.37. The standard InChI is InChI=1S/C14H20FN3O/c1-10(16-2)11-5-3-6-12(15)14(11)18-8-4-7-17-13(19)9-18/h3,5-6,10,16H,4,7-9H2,1-2H3,(H,17,19). The van der Waals surface area contributed by atoms with Crippen LogP contribution < -0.4 is 15.5 Å². The van der Waals surface area contributed by atoms with E-state index in [0.717, 1.165) is 12.0 Å². The highest BCUT2D eigenvalue weighted by Gasteiger charge is 2.22. The lowest BCUT2D eigenvalue weighted by Crippen LogP contribution is -2.34. The fraction of sp³-hybridized carbons (Fsp3) is 0.500. The quantitative estimate of drug-likeness (QED) is 0.869. The molecule has 1 unspecified atom stereocenters. The molecule has 1 atom stereocenters. The molecule has 0 saturated carbocycles. The van der Waals surface area contributed by atoms with E-state index in [2.05, 4.69) is 10.6 Å². The van der Waals surface area contributed by atoms with E-state index in [1.54, 1.807) is 6.07 Å². The number of nitrogens with zero attached hydrogens (tertiary/aromatic N) is 1. The Balaban J connectivity index is 2.38. The highest BCUT2D eigenvalue weighted by molar-refractivity contribution is 5.82. The first-order valence-electron chi connectivity index (χ1n) is 6.60. The van der Waals surface area contributed by atoms with Gasteiger partial charge in [0, 0.05) is 19.1 Å². The van der Waals surface area contributed by atoms with Crippen molar-refractivity contribution in [1.82, 2.24) is 10.6 Å². The van der Waals surface area contributed by atoms with E-state index in [4.69, 9.17) is 0 Å². The van der Waals surface area contributed by atoms with Gasteiger partial charge in [-0.25, -0.2) is 4.39 Å². The number of carbonyl (C=O) groups excluding carboxylic acids is 1. The van der Waals surface area contributed by atoms with Crippen LogP contribution in [0, 0.1) is 5.82 Å². The van der Waals surface area contributed by atoms with Gasteiger partial charge in [-0.2, -0.15) is 0 Å². The molecule has 19 heavy (non-hydrogen) atoms. The van der Waals surface area contributed by atoms with Gasteiger partial charge in [-0.15, -0.1) is 0 Å². The lowest BCUT2D eigenvalue weighted by atomic mass is 10.0. The summed E-state index contributed by atoms with van der Waals surface area (Å²) in [6, 6.07) is 5.10. The number of hydrogen-bond donors (Lipinski definition) is 2. The normalized spacial score (nSPS) is 17.8. The second-order valence-corrected chi connectivity index (χ2v) is 4.81. The van der Waals surface area contributed by atoms with Crippen LogP contribution in [0.25, 0.3) is 0 Å². The predicted octanol–water partition coefficient (Wildman–Crippen LogP) is 1.43. The summed E-state index contributed by atoms with van der Waals surface area (Å²) in [4.78, 5) is 13.5. The highest BCUT2D eigenvalue weighted by Crippen LogP contribution is 2.29. The SMILES string of the molecule is CNC(C)c1cccc(F)c1N1CCCNC(=O)C1. The summed E-state index contributed by atoms with van der Waals surface area (Å²) in [5, 5.41) is 5.93. The van der Waals surface area contributed by atoms with Gasteiger partial charge in [0.25, 0.3) is 0 Å². The number of rotatable bonds is 3. The summed E-state index contributed by atoms with van der Waals surface area (Å²) >= 11 is 0. The average Bonchev–Trinajstić information content (AvgIpc) is 2.62. The number of carbonyl (C=O) groups is 1. The van der Waals surface area contributed by atoms with Gasteiger partial charge in [-0.3, -0.25) is 4.79 Å². The van der Waals surface area contributed by atoms with E-state index in [-0.39, 0.29) is 24.3 Å². The van der Waals surface area contributed by atoms with Crippen LogP contribution in [0.2, 0.25) is 0 Å². The van der Waals surface area contributed by atoms with Crippen LogP contribution in [0.1, 0.15) is 24.9 Å². The molecule has 1 aliphatic heterocycles. The third-order valence-corrected chi connectivity index (χ3v) is 3.50. The maximum Gasteiger partial charge on any atom is 0.239 e. The lowest BCUT2D eigenvalue weighted by molar-refractivity contribution is -0.119. The van der Waals surface area contributed by atoms with E-state index in [9.17, 15) is 9.18 Å². The zero-order valence-electron chi connectivity index (χ0n) is 11.4. The van der Waals surface area contributed by atoms with Crippen LogP contribution in [-0.4, -0.2) is 32.6 Å². The number of hydrogen-bond acceptors (Lipinski definition) is 3. The van der Waals surface area contributed by atoms with Crippen molar-refractivity contribution in [3.05, 3.63) is 29.6 Å². The molecule has 2 rings (SSSR count). The molecule has 4 nitrogen and oxygen atoms in total. The fourth-order valence-corrected chi connectivity index (χ4v) is 2.37. The van der Waals surface area contributed by atoms with E-state index in [1.165, 1.54) is 6.07 Å². The van der Waals surface area contributed by atoms with Crippen molar-refractivity contribution in [2.75, 3.05) is 31.6 Å². The Morgan fingerprint density at radius 1 is 1.47 bits per heavy atom. The molecule has 5 heteroatoms. The second-order valence-electron chi connectivity index (χ2n) is 4.81. The lowest BCUT2D eigenvalue weighted by Gasteiger charge is -2.27. The number of halogens is 1. The van der Waals surface area contributed by atoms with Crippen molar-refractivity contribution < 1.29 is 9.18 Å². The zero-order valence-corrected chi connectivity index (χ0v) is 11.4. The number of benzene rings is 1. The molecule has 0 aromatic heterocycles. The van der Waals surface area contributed by atoms with Gasteiger partial charge in [-0.05, 0) is 32.0 Å². The molecule has 1 aliphatic rings. The monoisotopic (exact) mass is 265 g/mol. The second kappa shape index (κ2) is 6.02. The molecule has 1 amide bonds. The van der Waals surface area contributed by atoms with Gasteiger partial charge in [0.1, 0.15) is 5.82 Å². The minimum atomic E-state index is -0.269. The minimum Gasteiger partial charge on any atom is -0.360 e. The molecular formula is C14H20FN3O. The maximum absolute atomic E-state index is 14.2. The summed E-state index contributed by atoms with van der Waals surface area (Å²) in [6.07, 6.45) is 0.827. The number of anilines is 1. The number of para-hydroxylation sites is 1. The summed E-state index contributed by atoms with van der Waals surface area (Å²) < 4.78 is 14.2. The molecule has 0 radical (unpaired) electrons. The first-order chi connectivity index (χ1) is 9.13. The van der Waals surface area contributed by atoms with Crippen molar-refractivity contribution in [1.29, 1.82) is 0 Å². The average molecular weight is 265 g/mol. The Hall–Kier alpha value is -1.62. The Bertz CT molecular complexity index is 464. The van der Waals surface area contributed by atoms with Crippen LogP contribution in [0.4, 0.5) is 10.1 Å². The molecule has 2 N–H and O–H groups in total. The molecule has 1 fully saturated rings. The van der Waals surface area contributed by atoms with Crippen LogP contribution in [0.3, 0.4) is 0 Å². The smallest absolute Gasteiger partial charge is 0.239 e. The van der Waals surface area contributed by atoms with Crippen molar-refractivity contribution in [2.45, 2.75) is 19.4 Å². The Morgan fingerprint density at radius 3 is 3.00 bits per heavy atom. The van der Waals surface area contributed by atoms with Crippen molar-refractivity contribution in [3.63, 3.8) is 0 Å². The van der Waals surface area contributed by atoms with Gasteiger partial charge in [-0.1, -0.05) is 12.1 Å². The largest absolute Gasteiger partial charge is 0.360 e. The number of amides is 1. The zero-order chi connectivity index (χ0) is 13.8. The molecule has 104 valence electrons. The number of nitrogens with one attached hydrogen (secondary N) is 2. The molecular weight excluding hydrogens is 245 g/mol. The third-order valence-electron chi connectivity index (χ3n) is 3.50. The topological polar surface area (TPSA) is 44.4 Å². The minimum absolute atomic E-state index is 0.0389. The molecule has 0 aliphatic carbocycles. The Kier molecular flexibility index (Phi) is 4.37. The first-order valence-corrected chi connectivity index (χ1v) is 6.60. The van der Waals surface area contributed by atoms with Gasteiger partial charge in [0.05, 0.1) is 12.2 Å². The van der Waals surface area contributed by atoms with Crippen LogP contribution in [-0.2, 0) is 4.79 Å². The molecule has 1 aromatic carbocycles. The molecule has 0 bridgehead atoms. The Morgan fingerprint density at radius 2 is 2.26 bits per heavy atom. The van der Waals surface area contributed by atoms with Gasteiger partial charge >= 0.3 is 0 Å². The first kappa shape index (κ1) is 13.8. The summed E-state index contributed by atoms with van der Waals surface area (Å²) in [5.41, 5.74) is 1.43. The summed E-state index contributed by atoms with van der Waals surface area (Å²) in [7, 11) is 1.84. The van der Waals surface area contributed by atoms with E-state index < -0.39 is 0 Å². The Labute approximate surface area is 113 Å². The summed E-state index contributed by atoms with van der Waals surface area (Å²) in [6.45, 7) is 3.53. The molecule has 1 aromatic rings. The maximum atomic E-state index is 14.2. The van der Waals surface area contributed by atoms with E-state index in [1.807, 2.05) is 24.9 Å². The predicted molar refractivity (Wildman–Crippen MR) is 73.7 cm³/mol. The summed E-state index contributed by atoms with van der Waals surface area (Å²) in [5.74, 6) is -0.321. The van der Waals surface area contributed by atoms with Gasteiger partial charge in [0.2, 0.25) is 5.91 Å². The third kappa shape index (κ3) is 3.04.